The molecule has 0 atom stereocenters. The Morgan fingerprint density at radius 1 is 1.07 bits per heavy atom. The molecule has 2 fully saturated rings. The van der Waals surface area contributed by atoms with Crippen molar-refractivity contribution >= 4 is 40.2 Å². The maximum Gasteiger partial charge on any atom is 0.256 e. The van der Waals surface area contributed by atoms with E-state index >= 15 is 0 Å². The van der Waals surface area contributed by atoms with Crippen LogP contribution in [0.2, 0.25) is 0 Å². The molecule has 2 saturated heterocycles. The Kier molecular flexibility index (Phi) is 8.22. The zero-order valence-electron chi connectivity index (χ0n) is 25.4. The third kappa shape index (κ3) is 6.75. The van der Waals surface area contributed by atoms with Crippen molar-refractivity contribution in [3.8, 4) is 0 Å². The number of rotatable bonds is 7. The van der Waals surface area contributed by atoms with E-state index in [4.69, 9.17) is 9.51 Å². The molecule has 12 heteroatoms. The topological polar surface area (TPSA) is 137 Å². The van der Waals surface area contributed by atoms with Gasteiger partial charge in [-0.1, -0.05) is 32.0 Å². The second kappa shape index (κ2) is 12.2. The maximum atomic E-state index is 13.1. The number of piperazine rings is 1. The van der Waals surface area contributed by atoms with Crippen LogP contribution in [0.15, 0.2) is 41.3 Å². The summed E-state index contributed by atoms with van der Waals surface area (Å²) in [4.78, 5) is 36.3. The summed E-state index contributed by atoms with van der Waals surface area (Å²) in [6.45, 7) is 15.3. The van der Waals surface area contributed by atoms with Crippen molar-refractivity contribution < 1.29 is 9.32 Å². The molecule has 0 radical (unpaired) electrons. The van der Waals surface area contributed by atoms with E-state index in [1.807, 2.05) is 33.8 Å². The van der Waals surface area contributed by atoms with Crippen LogP contribution in [0.25, 0.3) is 11.0 Å². The van der Waals surface area contributed by atoms with Crippen molar-refractivity contribution in [3.05, 3.63) is 53.7 Å². The lowest BCUT2D eigenvalue weighted by Crippen LogP contribution is -2.49. The molecule has 0 bridgehead atoms. The summed E-state index contributed by atoms with van der Waals surface area (Å²) in [5, 5.41) is 13.7. The molecule has 1 amide bonds. The Bertz CT molecular complexity index is 1580. The van der Waals surface area contributed by atoms with Gasteiger partial charge in [-0.15, -0.1) is 0 Å². The average molecular weight is 585 g/mol. The van der Waals surface area contributed by atoms with Gasteiger partial charge in [-0.25, -0.2) is 19.9 Å². The van der Waals surface area contributed by atoms with Crippen molar-refractivity contribution in [2.75, 3.05) is 61.3 Å². The van der Waals surface area contributed by atoms with Crippen molar-refractivity contribution in [1.29, 1.82) is 0 Å². The lowest BCUT2D eigenvalue weighted by molar-refractivity contribution is 0.102. The van der Waals surface area contributed by atoms with Gasteiger partial charge in [0.15, 0.2) is 11.6 Å². The summed E-state index contributed by atoms with van der Waals surface area (Å²) in [7, 11) is 0. The SMILES string of the molecule is Cc1ccc(C(=O)Nc2cc(C(C)(C)C)on2)cc1Nc1ncnc2cnc(N3CCN(CC4CCNCC4)CC3)nc12. The highest BCUT2D eigenvalue weighted by Gasteiger charge is 2.24. The number of hydrogen-bond acceptors (Lipinski definition) is 11. The van der Waals surface area contributed by atoms with Gasteiger partial charge in [0.1, 0.15) is 23.1 Å². The number of amides is 1. The number of nitrogens with zero attached hydrogens (tertiary/aromatic N) is 7. The molecule has 226 valence electrons. The van der Waals surface area contributed by atoms with E-state index in [0.29, 0.717) is 39.9 Å². The van der Waals surface area contributed by atoms with Crippen LogP contribution in [0.1, 0.15) is 55.3 Å². The molecule has 1 aromatic carbocycles. The second-order valence-corrected chi connectivity index (χ2v) is 12.5. The van der Waals surface area contributed by atoms with E-state index in [1.165, 1.54) is 25.7 Å². The van der Waals surface area contributed by atoms with Crippen LogP contribution in [-0.4, -0.2) is 81.7 Å². The summed E-state index contributed by atoms with van der Waals surface area (Å²) in [6.07, 6.45) is 5.77. The smallest absolute Gasteiger partial charge is 0.256 e. The molecule has 0 spiro atoms. The molecule has 4 aromatic rings. The normalized spacial score (nSPS) is 16.9. The fourth-order valence-corrected chi connectivity index (χ4v) is 5.55. The minimum Gasteiger partial charge on any atom is -0.359 e. The third-order valence-corrected chi connectivity index (χ3v) is 8.24. The quantitative estimate of drug-likeness (QED) is 0.289. The molecule has 0 aliphatic carbocycles. The van der Waals surface area contributed by atoms with Crippen molar-refractivity contribution in [3.63, 3.8) is 0 Å². The zero-order chi connectivity index (χ0) is 30.0. The predicted molar refractivity (Wildman–Crippen MR) is 167 cm³/mol. The van der Waals surface area contributed by atoms with Gasteiger partial charge in [0.05, 0.1) is 6.20 Å². The molecule has 5 heterocycles. The van der Waals surface area contributed by atoms with Gasteiger partial charge in [-0.05, 0) is 56.5 Å². The standard InChI is InChI=1S/C31H40N10O2/c1-20-5-6-22(29(42)37-26-16-25(43-39-26)31(2,3)4)15-23(20)36-28-27-24(34-19-35-28)17-33-30(38-27)41-13-11-40(12-14-41)18-21-7-9-32-10-8-21/h5-6,15-17,19,21,32H,7-14,18H2,1-4H3,(H,34,35,36)(H,37,39,42). The highest BCUT2D eigenvalue weighted by atomic mass is 16.5. The number of hydrogen-bond donors (Lipinski definition) is 3. The average Bonchev–Trinajstić information content (AvgIpc) is 3.48. The van der Waals surface area contributed by atoms with Crippen LogP contribution in [-0.2, 0) is 5.41 Å². The minimum absolute atomic E-state index is 0.207. The van der Waals surface area contributed by atoms with Crippen LogP contribution in [0.5, 0.6) is 0 Å². The molecular weight excluding hydrogens is 544 g/mol. The number of fused-ring (bicyclic) bond motifs is 1. The number of aromatic nitrogens is 5. The zero-order valence-corrected chi connectivity index (χ0v) is 25.4. The Labute approximate surface area is 251 Å². The van der Waals surface area contributed by atoms with Crippen molar-refractivity contribution in [2.24, 2.45) is 5.92 Å². The fourth-order valence-electron chi connectivity index (χ4n) is 5.55. The van der Waals surface area contributed by atoms with E-state index in [1.54, 1.807) is 24.4 Å². The molecular formula is C31H40N10O2. The maximum absolute atomic E-state index is 13.1. The number of carbonyl (C=O) groups excluding carboxylic acids is 1. The monoisotopic (exact) mass is 584 g/mol. The molecule has 3 N–H and O–H groups in total. The molecule has 0 saturated carbocycles. The number of benzene rings is 1. The summed E-state index contributed by atoms with van der Waals surface area (Å²) in [6, 6.07) is 7.23. The first-order chi connectivity index (χ1) is 20.7. The third-order valence-electron chi connectivity index (χ3n) is 8.24. The van der Waals surface area contributed by atoms with Crippen LogP contribution in [0.3, 0.4) is 0 Å². The first kappa shape index (κ1) is 28.9. The van der Waals surface area contributed by atoms with Crippen molar-refractivity contribution in [2.45, 2.75) is 46.0 Å². The predicted octanol–water partition coefficient (Wildman–Crippen LogP) is 4.13. The van der Waals surface area contributed by atoms with Gasteiger partial charge in [-0.3, -0.25) is 9.69 Å². The van der Waals surface area contributed by atoms with Gasteiger partial charge in [-0.2, -0.15) is 0 Å². The van der Waals surface area contributed by atoms with E-state index in [2.05, 4.69) is 45.9 Å². The molecule has 2 aliphatic rings. The van der Waals surface area contributed by atoms with E-state index < -0.39 is 0 Å². The highest BCUT2D eigenvalue weighted by molar-refractivity contribution is 6.04. The first-order valence-electron chi connectivity index (χ1n) is 15.0. The van der Waals surface area contributed by atoms with Gasteiger partial charge < -0.3 is 25.4 Å². The molecule has 3 aromatic heterocycles. The molecule has 43 heavy (non-hydrogen) atoms. The lowest BCUT2D eigenvalue weighted by atomic mass is 9.93. The first-order valence-corrected chi connectivity index (χ1v) is 15.0. The van der Waals surface area contributed by atoms with Crippen LogP contribution in [0.4, 0.5) is 23.3 Å². The van der Waals surface area contributed by atoms with Crippen LogP contribution < -0.4 is 20.9 Å². The Balaban J connectivity index is 1.16. The second-order valence-electron chi connectivity index (χ2n) is 12.5. The Morgan fingerprint density at radius 3 is 2.60 bits per heavy atom. The molecule has 2 aliphatic heterocycles. The van der Waals surface area contributed by atoms with Gasteiger partial charge in [0.2, 0.25) is 5.95 Å². The molecule has 6 rings (SSSR count). The summed E-state index contributed by atoms with van der Waals surface area (Å²) in [5.74, 6) is 2.82. The number of carbonyl (C=O) groups is 1. The minimum atomic E-state index is -0.284. The van der Waals surface area contributed by atoms with Gasteiger partial charge in [0, 0.05) is 55.5 Å². The Morgan fingerprint density at radius 2 is 1.86 bits per heavy atom. The van der Waals surface area contributed by atoms with Gasteiger partial charge in [0.25, 0.3) is 5.91 Å². The lowest BCUT2D eigenvalue weighted by Gasteiger charge is -2.37. The largest absolute Gasteiger partial charge is 0.359 e. The fraction of sp³-hybridized carbons (Fsp3) is 0.484. The van der Waals surface area contributed by atoms with E-state index in [0.717, 1.165) is 56.4 Å². The summed E-state index contributed by atoms with van der Waals surface area (Å²) in [5.41, 5.74) is 3.26. The molecule has 0 unspecified atom stereocenters. The van der Waals surface area contributed by atoms with Crippen molar-refractivity contribution in [1.82, 2.24) is 35.3 Å². The van der Waals surface area contributed by atoms with E-state index in [9.17, 15) is 4.79 Å². The summed E-state index contributed by atoms with van der Waals surface area (Å²) < 4.78 is 5.41. The number of aryl methyl sites for hydroxylation is 1. The molecule has 12 nitrogen and oxygen atoms in total. The van der Waals surface area contributed by atoms with Crippen LogP contribution in [0, 0.1) is 12.8 Å². The van der Waals surface area contributed by atoms with E-state index in [-0.39, 0.29) is 11.3 Å². The number of piperidine rings is 1. The highest BCUT2D eigenvalue weighted by Crippen LogP contribution is 2.28. The number of anilines is 4. The van der Waals surface area contributed by atoms with Crippen LogP contribution >= 0.6 is 0 Å². The Hall–Kier alpha value is -4.16. The summed E-state index contributed by atoms with van der Waals surface area (Å²) >= 11 is 0. The number of nitrogens with one attached hydrogen (secondary N) is 3. The van der Waals surface area contributed by atoms with Gasteiger partial charge >= 0.3 is 0 Å².